The van der Waals surface area contributed by atoms with Gasteiger partial charge in [-0.05, 0) is 34.1 Å². The Morgan fingerprint density at radius 2 is 2.16 bits per heavy atom. The Kier molecular flexibility index (Phi) is 4.42. The molecule has 0 bridgehead atoms. The highest BCUT2D eigenvalue weighted by molar-refractivity contribution is 9.11. The molecule has 19 heavy (non-hydrogen) atoms. The summed E-state index contributed by atoms with van der Waals surface area (Å²) in [4.78, 5) is 18.3. The van der Waals surface area contributed by atoms with E-state index in [4.69, 9.17) is 0 Å². The molecule has 0 aliphatic rings. The molecule has 2 rings (SSSR count). The van der Waals surface area contributed by atoms with Crippen molar-refractivity contribution in [1.29, 1.82) is 0 Å². The molecule has 0 saturated heterocycles. The largest absolute Gasteiger partial charge is 0.337 e. The molecule has 0 aliphatic heterocycles. The number of benzene rings is 1. The summed E-state index contributed by atoms with van der Waals surface area (Å²) in [7, 11) is 3.68. The van der Waals surface area contributed by atoms with Gasteiger partial charge in [0.25, 0.3) is 5.91 Å². The Hall–Kier alpha value is -1.14. The summed E-state index contributed by atoms with van der Waals surface area (Å²) in [6, 6.07) is 5.55. The van der Waals surface area contributed by atoms with Crippen LogP contribution in [0.1, 0.15) is 16.2 Å². The van der Waals surface area contributed by atoms with Crippen molar-refractivity contribution in [1.82, 2.24) is 14.5 Å². The van der Waals surface area contributed by atoms with Gasteiger partial charge in [-0.25, -0.2) is 4.98 Å². The fourth-order valence-corrected chi connectivity index (χ4v) is 2.48. The number of hydrogen-bond donors (Lipinski definition) is 0. The Labute approximate surface area is 128 Å². The number of halogens is 2. The summed E-state index contributed by atoms with van der Waals surface area (Å²) in [5, 5.41) is 0. The summed E-state index contributed by atoms with van der Waals surface area (Å²) in [5.41, 5.74) is 0.631. The molecule has 0 atom stereocenters. The molecule has 1 heterocycles. The number of aryl methyl sites for hydroxylation is 1. The minimum absolute atomic E-state index is 0.0452. The van der Waals surface area contributed by atoms with Crippen LogP contribution in [0.2, 0.25) is 0 Å². The van der Waals surface area contributed by atoms with Gasteiger partial charge in [-0.3, -0.25) is 4.79 Å². The Morgan fingerprint density at radius 3 is 2.79 bits per heavy atom. The molecule has 0 radical (unpaired) electrons. The van der Waals surface area contributed by atoms with E-state index in [9.17, 15) is 4.79 Å². The van der Waals surface area contributed by atoms with Gasteiger partial charge in [0.05, 0.1) is 12.1 Å². The maximum Gasteiger partial charge on any atom is 0.255 e. The van der Waals surface area contributed by atoms with E-state index < -0.39 is 0 Å². The molecule has 0 saturated carbocycles. The average molecular weight is 387 g/mol. The van der Waals surface area contributed by atoms with Gasteiger partial charge in [-0.1, -0.05) is 15.9 Å². The Balaban J connectivity index is 2.19. The fourth-order valence-electron chi connectivity index (χ4n) is 1.70. The smallest absolute Gasteiger partial charge is 0.255 e. The molecule has 100 valence electrons. The van der Waals surface area contributed by atoms with Gasteiger partial charge in [0.1, 0.15) is 5.82 Å². The van der Waals surface area contributed by atoms with Crippen molar-refractivity contribution in [2.24, 2.45) is 7.05 Å². The van der Waals surface area contributed by atoms with Crippen LogP contribution in [0, 0.1) is 0 Å². The normalized spacial score (nSPS) is 10.5. The van der Waals surface area contributed by atoms with Crippen LogP contribution in [-0.4, -0.2) is 27.4 Å². The molecule has 1 aromatic carbocycles. The summed E-state index contributed by atoms with van der Waals surface area (Å²) in [6.07, 6.45) is 3.59. The van der Waals surface area contributed by atoms with Crippen LogP contribution in [0.25, 0.3) is 0 Å². The molecule has 0 aliphatic carbocycles. The maximum absolute atomic E-state index is 12.4. The first-order valence-electron chi connectivity index (χ1n) is 5.65. The highest BCUT2D eigenvalue weighted by Gasteiger charge is 2.16. The molecule has 6 heteroatoms. The van der Waals surface area contributed by atoms with Crippen molar-refractivity contribution >= 4 is 37.8 Å². The molecule has 1 amide bonds. The van der Waals surface area contributed by atoms with E-state index in [1.807, 2.05) is 29.9 Å². The van der Waals surface area contributed by atoms with Crippen molar-refractivity contribution in [2.45, 2.75) is 6.54 Å². The van der Waals surface area contributed by atoms with Crippen LogP contribution in [0.4, 0.5) is 0 Å². The van der Waals surface area contributed by atoms with Crippen molar-refractivity contribution in [2.75, 3.05) is 7.05 Å². The average Bonchev–Trinajstić information content (AvgIpc) is 2.77. The molecule has 0 spiro atoms. The quantitative estimate of drug-likeness (QED) is 0.812. The third-order valence-electron chi connectivity index (χ3n) is 2.81. The van der Waals surface area contributed by atoms with Gasteiger partial charge in [-0.15, -0.1) is 0 Å². The lowest BCUT2D eigenvalue weighted by Gasteiger charge is -2.17. The lowest BCUT2D eigenvalue weighted by atomic mass is 10.2. The zero-order valence-corrected chi connectivity index (χ0v) is 13.8. The molecule has 2 aromatic rings. The zero-order valence-electron chi connectivity index (χ0n) is 10.6. The minimum Gasteiger partial charge on any atom is -0.337 e. The third kappa shape index (κ3) is 3.25. The van der Waals surface area contributed by atoms with E-state index in [0.717, 1.165) is 14.8 Å². The van der Waals surface area contributed by atoms with Crippen molar-refractivity contribution in [3.8, 4) is 0 Å². The topological polar surface area (TPSA) is 38.1 Å². The van der Waals surface area contributed by atoms with Gasteiger partial charge in [0.15, 0.2) is 0 Å². The number of carbonyl (C=O) groups excluding carboxylic acids is 1. The number of nitrogens with zero attached hydrogens (tertiary/aromatic N) is 3. The van der Waals surface area contributed by atoms with Crippen molar-refractivity contribution < 1.29 is 4.79 Å². The number of hydrogen-bond acceptors (Lipinski definition) is 2. The van der Waals surface area contributed by atoms with E-state index >= 15 is 0 Å². The fraction of sp³-hybridized carbons (Fsp3) is 0.231. The molecular weight excluding hydrogens is 374 g/mol. The Bertz CT molecular complexity index is 610. The van der Waals surface area contributed by atoms with E-state index in [2.05, 4.69) is 36.8 Å². The monoisotopic (exact) mass is 385 g/mol. The van der Waals surface area contributed by atoms with Crippen LogP contribution in [0.5, 0.6) is 0 Å². The van der Waals surface area contributed by atoms with Gasteiger partial charge in [-0.2, -0.15) is 0 Å². The SMILES string of the molecule is CN(Cc1nccn1C)C(=O)c1cc(Br)ccc1Br. The van der Waals surface area contributed by atoms with Gasteiger partial charge in [0.2, 0.25) is 0 Å². The van der Waals surface area contributed by atoms with Crippen LogP contribution in [0.15, 0.2) is 39.5 Å². The predicted molar refractivity (Wildman–Crippen MR) is 80.8 cm³/mol. The lowest BCUT2D eigenvalue weighted by Crippen LogP contribution is -2.27. The second-order valence-corrected chi connectivity index (χ2v) is 6.01. The molecule has 0 N–H and O–H groups in total. The summed E-state index contributed by atoms with van der Waals surface area (Å²) in [6.45, 7) is 0.473. The highest BCUT2D eigenvalue weighted by atomic mass is 79.9. The second-order valence-electron chi connectivity index (χ2n) is 4.24. The van der Waals surface area contributed by atoms with Crippen molar-refractivity contribution in [3.63, 3.8) is 0 Å². The predicted octanol–water partition coefficient (Wildman–Crippen LogP) is 3.22. The minimum atomic E-state index is -0.0452. The number of rotatable bonds is 3. The first-order valence-corrected chi connectivity index (χ1v) is 7.24. The lowest BCUT2D eigenvalue weighted by molar-refractivity contribution is 0.0779. The number of imidazole rings is 1. The molecule has 1 aromatic heterocycles. The molecule has 0 fully saturated rings. The first kappa shape index (κ1) is 14.3. The third-order valence-corrected chi connectivity index (χ3v) is 3.99. The van der Waals surface area contributed by atoms with Gasteiger partial charge in [0, 0.05) is 35.4 Å². The molecule has 4 nitrogen and oxygen atoms in total. The number of amides is 1. The van der Waals surface area contributed by atoms with Crippen molar-refractivity contribution in [3.05, 3.63) is 50.9 Å². The summed E-state index contributed by atoms with van der Waals surface area (Å²) in [5.74, 6) is 0.804. The number of aromatic nitrogens is 2. The standard InChI is InChI=1S/C13H13Br2N3O/c1-17-6-5-16-12(17)8-18(2)13(19)10-7-9(14)3-4-11(10)15/h3-7H,8H2,1-2H3. The van der Waals surface area contributed by atoms with Crippen LogP contribution in [0.3, 0.4) is 0 Å². The number of carbonyl (C=O) groups is 1. The van der Waals surface area contributed by atoms with E-state index in [0.29, 0.717) is 12.1 Å². The van der Waals surface area contributed by atoms with Crippen LogP contribution < -0.4 is 0 Å². The maximum atomic E-state index is 12.4. The first-order chi connectivity index (χ1) is 8.99. The van der Waals surface area contributed by atoms with Gasteiger partial charge < -0.3 is 9.47 Å². The van der Waals surface area contributed by atoms with E-state index in [-0.39, 0.29) is 5.91 Å². The highest BCUT2D eigenvalue weighted by Crippen LogP contribution is 2.23. The molecule has 0 unspecified atom stereocenters. The zero-order chi connectivity index (χ0) is 14.0. The summed E-state index contributed by atoms with van der Waals surface area (Å²) < 4.78 is 3.57. The van der Waals surface area contributed by atoms with Gasteiger partial charge >= 0.3 is 0 Å². The second kappa shape index (κ2) is 5.88. The van der Waals surface area contributed by atoms with E-state index in [1.165, 1.54) is 0 Å². The van der Waals surface area contributed by atoms with Crippen LogP contribution >= 0.6 is 31.9 Å². The summed E-state index contributed by atoms with van der Waals surface area (Å²) >= 11 is 6.78. The van der Waals surface area contributed by atoms with E-state index in [1.54, 1.807) is 24.2 Å². The van der Waals surface area contributed by atoms with Crippen LogP contribution in [-0.2, 0) is 13.6 Å². The molecular formula is C13H13Br2N3O. The Morgan fingerprint density at radius 1 is 1.42 bits per heavy atom.